The average Bonchev–Trinajstić information content (AvgIpc) is 3.02. The molecule has 5 heteroatoms. The maximum Gasteiger partial charge on any atom is 0.417 e. The fourth-order valence-electron chi connectivity index (χ4n) is 7.60. The topological polar surface area (TPSA) is 40.5 Å². The van der Waals surface area contributed by atoms with Crippen LogP contribution in [0.2, 0.25) is 0 Å². The van der Waals surface area contributed by atoms with Crippen molar-refractivity contribution in [1.82, 2.24) is 0 Å². The Hall–Kier alpha value is -1.07. The smallest absolute Gasteiger partial charge is 0.390 e. The Morgan fingerprint density at radius 2 is 1.71 bits per heavy atom. The second-order valence-corrected chi connectivity index (χ2v) is 11.4. The van der Waals surface area contributed by atoms with Gasteiger partial charge in [0.1, 0.15) is 0 Å². The molecule has 0 aliphatic heterocycles. The number of halogens is 3. The van der Waals surface area contributed by atoms with E-state index < -0.39 is 17.9 Å². The van der Waals surface area contributed by atoms with Gasteiger partial charge in [-0.2, -0.15) is 13.2 Å². The second-order valence-electron chi connectivity index (χ2n) is 11.4. The largest absolute Gasteiger partial charge is 0.417 e. The summed E-state index contributed by atoms with van der Waals surface area (Å²) < 4.78 is 38.1. The number of aliphatic hydroxyl groups excluding tert-OH is 1. The molecule has 2 saturated carbocycles. The van der Waals surface area contributed by atoms with Crippen molar-refractivity contribution in [2.75, 3.05) is 0 Å². The predicted octanol–water partition coefficient (Wildman–Crippen LogP) is 6.35. The van der Waals surface area contributed by atoms with Crippen molar-refractivity contribution in [3.8, 4) is 0 Å². The van der Waals surface area contributed by atoms with E-state index in [1.54, 1.807) is 0 Å². The van der Waals surface area contributed by atoms with Crippen LogP contribution >= 0.6 is 0 Å². The summed E-state index contributed by atoms with van der Waals surface area (Å²) >= 11 is 0. The van der Waals surface area contributed by atoms with Crippen LogP contribution in [0.4, 0.5) is 13.2 Å². The van der Waals surface area contributed by atoms with Crippen LogP contribution < -0.4 is 0 Å². The highest BCUT2D eigenvalue weighted by molar-refractivity contribution is 5.33. The van der Waals surface area contributed by atoms with Gasteiger partial charge in [0.15, 0.2) is 6.10 Å². The lowest BCUT2D eigenvalue weighted by molar-refractivity contribution is -0.187. The van der Waals surface area contributed by atoms with E-state index in [4.69, 9.17) is 0 Å². The number of hydrogen-bond donors (Lipinski definition) is 2. The number of alkyl halides is 3. The van der Waals surface area contributed by atoms with Crippen LogP contribution in [0.3, 0.4) is 0 Å². The van der Waals surface area contributed by atoms with E-state index >= 15 is 0 Å². The van der Waals surface area contributed by atoms with Crippen LogP contribution in [0.25, 0.3) is 0 Å². The molecule has 31 heavy (non-hydrogen) atoms. The SMILES string of the molecule is C[C@H](/C=C/C(O)C(F)(F)F)C1=CCC2[C@@H]3CC=C4C[C@@](C)(O)CC[C@]4(C)C3CC[C@]12C. The molecule has 2 fully saturated rings. The number of aliphatic hydroxyl groups is 2. The molecule has 2 N–H and O–H groups in total. The van der Waals surface area contributed by atoms with Crippen molar-refractivity contribution in [1.29, 1.82) is 0 Å². The van der Waals surface area contributed by atoms with E-state index in [1.807, 2.05) is 13.8 Å². The van der Waals surface area contributed by atoms with Gasteiger partial charge in [0.25, 0.3) is 0 Å². The zero-order valence-corrected chi connectivity index (χ0v) is 19.2. The van der Waals surface area contributed by atoms with Gasteiger partial charge in [-0.1, -0.05) is 56.2 Å². The lowest BCUT2D eigenvalue weighted by Crippen LogP contribution is -2.51. The molecule has 4 aliphatic rings. The Labute approximate surface area is 184 Å². The molecule has 0 aromatic heterocycles. The summed E-state index contributed by atoms with van der Waals surface area (Å²) in [5, 5.41) is 20.0. The van der Waals surface area contributed by atoms with Gasteiger partial charge in [0.2, 0.25) is 0 Å². The third-order valence-electron chi connectivity index (χ3n) is 9.43. The van der Waals surface area contributed by atoms with Crippen molar-refractivity contribution >= 4 is 0 Å². The molecular weight excluding hydrogens is 401 g/mol. The quantitative estimate of drug-likeness (QED) is 0.504. The second kappa shape index (κ2) is 7.48. The van der Waals surface area contributed by atoms with Gasteiger partial charge in [-0.25, -0.2) is 0 Å². The van der Waals surface area contributed by atoms with Gasteiger partial charge in [-0.05, 0) is 86.4 Å². The lowest BCUT2D eigenvalue weighted by Gasteiger charge is -2.58. The van der Waals surface area contributed by atoms with E-state index in [1.165, 1.54) is 17.2 Å². The van der Waals surface area contributed by atoms with Gasteiger partial charge in [0, 0.05) is 0 Å². The van der Waals surface area contributed by atoms with E-state index in [0.29, 0.717) is 17.8 Å². The zero-order chi connectivity index (χ0) is 22.8. The normalized spacial score (nSPS) is 44.7. The number of fused-ring (bicyclic) bond motifs is 5. The van der Waals surface area contributed by atoms with Crippen LogP contribution in [0.15, 0.2) is 35.5 Å². The van der Waals surface area contributed by atoms with Gasteiger partial charge in [-0.15, -0.1) is 0 Å². The Morgan fingerprint density at radius 3 is 2.39 bits per heavy atom. The molecule has 0 aromatic rings. The molecule has 0 saturated heterocycles. The van der Waals surface area contributed by atoms with E-state index in [2.05, 4.69) is 26.0 Å². The molecule has 2 nitrogen and oxygen atoms in total. The Kier molecular flexibility index (Phi) is 5.57. The van der Waals surface area contributed by atoms with Crippen LogP contribution in [0.5, 0.6) is 0 Å². The first-order chi connectivity index (χ1) is 14.3. The Morgan fingerprint density at radius 1 is 1.00 bits per heavy atom. The highest BCUT2D eigenvalue weighted by Crippen LogP contribution is 2.66. The molecule has 0 aromatic carbocycles. The summed E-state index contributed by atoms with van der Waals surface area (Å²) in [6.45, 7) is 8.62. The molecule has 0 spiro atoms. The fraction of sp³-hybridized carbons (Fsp3) is 0.769. The molecule has 4 rings (SSSR count). The first kappa shape index (κ1) is 23.1. The van der Waals surface area contributed by atoms with E-state index in [0.717, 1.165) is 51.0 Å². The summed E-state index contributed by atoms with van der Waals surface area (Å²) in [4.78, 5) is 0. The van der Waals surface area contributed by atoms with Crippen molar-refractivity contribution in [3.63, 3.8) is 0 Å². The Balaban J connectivity index is 1.54. The van der Waals surface area contributed by atoms with Crippen molar-refractivity contribution < 1.29 is 23.4 Å². The Bertz CT molecular complexity index is 808. The van der Waals surface area contributed by atoms with Gasteiger partial charge < -0.3 is 10.2 Å². The molecule has 3 unspecified atom stereocenters. The number of rotatable bonds is 3. The molecule has 0 bridgehead atoms. The van der Waals surface area contributed by atoms with Crippen molar-refractivity contribution in [2.24, 2.45) is 34.5 Å². The van der Waals surface area contributed by atoms with Gasteiger partial charge >= 0.3 is 6.18 Å². The summed E-state index contributed by atoms with van der Waals surface area (Å²) in [6, 6.07) is 0. The van der Waals surface area contributed by atoms with Crippen molar-refractivity contribution in [3.05, 3.63) is 35.5 Å². The van der Waals surface area contributed by atoms with Crippen molar-refractivity contribution in [2.45, 2.75) is 90.5 Å². The highest BCUT2D eigenvalue weighted by Gasteiger charge is 2.57. The highest BCUT2D eigenvalue weighted by atomic mass is 19.4. The van der Waals surface area contributed by atoms with Crippen LogP contribution in [-0.2, 0) is 0 Å². The minimum Gasteiger partial charge on any atom is -0.390 e. The maximum atomic E-state index is 12.7. The predicted molar refractivity (Wildman–Crippen MR) is 116 cm³/mol. The summed E-state index contributed by atoms with van der Waals surface area (Å²) in [7, 11) is 0. The maximum absolute atomic E-state index is 12.7. The number of hydrogen-bond acceptors (Lipinski definition) is 2. The third kappa shape index (κ3) is 3.84. The van der Waals surface area contributed by atoms with Gasteiger partial charge in [-0.3, -0.25) is 0 Å². The summed E-state index contributed by atoms with van der Waals surface area (Å²) in [5.41, 5.74) is 2.27. The van der Waals surface area contributed by atoms with E-state index in [-0.39, 0.29) is 16.7 Å². The lowest BCUT2D eigenvalue weighted by atomic mass is 9.46. The molecular formula is C26H37F3O2. The molecule has 0 radical (unpaired) electrons. The van der Waals surface area contributed by atoms with Crippen LogP contribution in [0, 0.1) is 34.5 Å². The minimum atomic E-state index is -4.61. The standard InChI is InChI=1S/C26H37F3O2/c1-16(5-10-22(30)26(27,28)29)19-8-9-20-18-7-6-17-15-23(2,31)13-14-24(17,3)21(18)11-12-25(19,20)4/h5-6,8,10,16,18,20-22,30-31H,7,9,11-15H2,1-4H3/b10-5+/t16-,18+,20?,21?,22?,23+,24+,25-/m1/s1. The average molecular weight is 439 g/mol. The number of allylic oxidation sites excluding steroid dienone is 4. The molecule has 0 heterocycles. The fourth-order valence-corrected chi connectivity index (χ4v) is 7.60. The molecule has 174 valence electrons. The minimum absolute atomic E-state index is 0.00989. The zero-order valence-electron chi connectivity index (χ0n) is 19.2. The van der Waals surface area contributed by atoms with Crippen LogP contribution in [0.1, 0.15) is 72.6 Å². The third-order valence-corrected chi connectivity index (χ3v) is 9.43. The van der Waals surface area contributed by atoms with E-state index in [9.17, 15) is 23.4 Å². The van der Waals surface area contributed by atoms with Gasteiger partial charge in [0.05, 0.1) is 5.60 Å². The first-order valence-electron chi connectivity index (χ1n) is 11.8. The summed E-state index contributed by atoms with van der Waals surface area (Å²) in [6.07, 6.45) is 6.98. The molecule has 4 aliphatic carbocycles. The first-order valence-corrected chi connectivity index (χ1v) is 11.8. The molecule has 0 amide bonds. The summed E-state index contributed by atoms with van der Waals surface area (Å²) in [5.74, 6) is 1.61. The molecule has 8 atom stereocenters. The van der Waals surface area contributed by atoms with Crippen LogP contribution in [-0.4, -0.2) is 28.1 Å². The monoisotopic (exact) mass is 438 g/mol.